The molecule has 0 aromatic rings. The highest BCUT2D eigenvalue weighted by atomic mass is 16.5. The van der Waals surface area contributed by atoms with Crippen molar-refractivity contribution in [2.75, 3.05) is 45.9 Å². The van der Waals surface area contributed by atoms with Gasteiger partial charge in [0.15, 0.2) is 5.84 Å². The van der Waals surface area contributed by atoms with Gasteiger partial charge in [-0.05, 0) is 6.42 Å². The second kappa shape index (κ2) is 8.71. The van der Waals surface area contributed by atoms with Crippen LogP contribution in [0.5, 0.6) is 0 Å². The summed E-state index contributed by atoms with van der Waals surface area (Å²) in [4.78, 5) is 15.8. The molecule has 0 spiro atoms. The number of nitrogens with two attached hydrogens (primary N) is 1. The number of hydrogen-bond acceptors (Lipinski definition) is 5. The van der Waals surface area contributed by atoms with E-state index in [4.69, 9.17) is 15.7 Å². The molecule has 1 saturated heterocycles. The van der Waals surface area contributed by atoms with Crippen LogP contribution in [0.25, 0.3) is 0 Å². The molecule has 1 rings (SSSR count). The monoisotopic (exact) mass is 272 g/mol. The molecule has 7 nitrogen and oxygen atoms in total. The fourth-order valence-corrected chi connectivity index (χ4v) is 1.98. The normalized spacial score (nSPS) is 17.7. The number of carbonyl (C=O) groups excluding carboxylic acids is 1. The van der Waals surface area contributed by atoms with Crippen molar-refractivity contribution in [1.29, 1.82) is 0 Å². The first-order chi connectivity index (χ1) is 9.17. The number of carbonyl (C=O) groups is 1. The van der Waals surface area contributed by atoms with Crippen molar-refractivity contribution in [3.63, 3.8) is 0 Å². The predicted molar refractivity (Wildman–Crippen MR) is 72.2 cm³/mol. The second-order valence-electron chi connectivity index (χ2n) is 4.61. The van der Waals surface area contributed by atoms with Gasteiger partial charge in [-0.3, -0.25) is 9.69 Å². The van der Waals surface area contributed by atoms with Crippen LogP contribution in [0, 0.1) is 0 Å². The number of hydrogen-bond donors (Lipinski definition) is 2. The van der Waals surface area contributed by atoms with Gasteiger partial charge in [0.25, 0.3) is 0 Å². The largest absolute Gasteiger partial charge is 0.409 e. The summed E-state index contributed by atoms with van der Waals surface area (Å²) in [5, 5.41) is 11.5. The Morgan fingerprint density at radius 1 is 1.32 bits per heavy atom. The summed E-state index contributed by atoms with van der Waals surface area (Å²) in [5.74, 6) is 0.340. The topological polar surface area (TPSA) is 91.4 Å². The van der Waals surface area contributed by atoms with Crippen LogP contribution in [-0.4, -0.2) is 72.7 Å². The molecule has 1 aliphatic rings. The zero-order chi connectivity index (χ0) is 14.1. The summed E-state index contributed by atoms with van der Waals surface area (Å²) in [6.07, 6.45) is 1.42. The van der Waals surface area contributed by atoms with E-state index in [1.165, 1.54) is 0 Å². The Kier molecular flexibility index (Phi) is 7.20. The van der Waals surface area contributed by atoms with Gasteiger partial charge in [-0.15, -0.1) is 0 Å². The average Bonchev–Trinajstić information content (AvgIpc) is 2.44. The van der Waals surface area contributed by atoms with Crippen molar-refractivity contribution < 1.29 is 14.7 Å². The molecule has 110 valence electrons. The Balaban J connectivity index is 2.20. The number of oxime groups is 1. The van der Waals surface area contributed by atoms with Crippen LogP contribution in [0.15, 0.2) is 5.16 Å². The van der Waals surface area contributed by atoms with Crippen LogP contribution in [0.1, 0.15) is 19.8 Å². The van der Waals surface area contributed by atoms with Gasteiger partial charge in [0.2, 0.25) is 5.91 Å². The zero-order valence-corrected chi connectivity index (χ0v) is 11.5. The Morgan fingerprint density at radius 2 is 2.00 bits per heavy atom. The molecule has 0 atom stereocenters. The maximum absolute atomic E-state index is 11.9. The molecule has 7 heteroatoms. The molecule has 1 aliphatic heterocycles. The second-order valence-corrected chi connectivity index (χ2v) is 4.61. The van der Waals surface area contributed by atoms with Crippen LogP contribution >= 0.6 is 0 Å². The molecule has 1 amide bonds. The Hall–Kier alpha value is -1.34. The Morgan fingerprint density at radius 3 is 2.58 bits per heavy atom. The van der Waals surface area contributed by atoms with Gasteiger partial charge in [-0.25, -0.2) is 0 Å². The van der Waals surface area contributed by atoms with Crippen molar-refractivity contribution >= 4 is 11.7 Å². The van der Waals surface area contributed by atoms with E-state index in [-0.39, 0.29) is 11.7 Å². The maximum atomic E-state index is 11.9. The quantitative estimate of drug-likeness (QED) is 0.218. The highest BCUT2D eigenvalue weighted by Gasteiger charge is 2.21. The summed E-state index contributed by atoms with van der Waals surface area (Å²) >= 11 is 0. The van der Waals surface area contributed by atoms with Gasteiger partial charge < -0.3 is 20.6 Å². The smallest absolute Gasteiger partial charge is 0.224 e. The number of rotatable bonds is 7. The summed E-state index contributed by atoms with van der Waals surface area (Å²) < 4.78 is 5.31. The van der Waals surface area contributed by atoms with Crippen LogP contribution in [0.2, 0.25) is 0 Å². The van der Waals surface area contributed by atoms with E-state index in [0.717, 1.165) is 19.5 Å². The average molecular weight is 272 g/mol. The third kappa shape index (κ3) is 5.89. The first-order valence-corrected chi connectivity index (χ1v) is 6.71. The molecule has 0 bridgehead atoms. The van der Waals surface area contributed by atoms with Crippen molar-refractivity contribution in [2.24, 2.45) is 10.9 Å². The minimum absolute atomic E-state index is 0.138. The molecular formula is C12H24N4O3. The summed E-state index contributed by atoms with van der Waals surface area (Å²) in [6.45, 7) is 6.56. The lowest BCUT2D eigenvalue weighted by Gasteiger charge is -2.34. The standard InChI is InChI=1S/C12H24N4O3/c1-2-8-19-9-3-12(17)16-6-4-15(5-7-16)10-11(13)14-18/h18H,2-10H2,1H3,(H2,13,14). The van der Waals surface area contributed by atoms with E-state index < -0.39 is 0 Å². The van der Waals surface area contributed by atoms with E-state index in [0.29, 0.717) is 39.3 Å². The van der Waals surface area contributed by atoms with Crippen LogP contribution in [0.3, 0.4) is 0 Å². The molecule has 0 aliphatic carbocycles. The third-order valence-electron chi connectivity index (χ3n) is 3.05. The molecule has 3 N–H and O–H groups in total. The van der Waals surface area contributed by atoms with Crippen LogP contribution in [0.4, 0.5) is 0 Å². The number of amidine groups is 1. The number of nitrogens with zero attached hydrogens (tertiary/aromatic N) is 3. The van der Waals surface area contributed by atoms with E-state index in [1.54, 1.807) is 0 Å². The zero-order valence-electron chi connectivity index (χ0n) is 11.5. The van der Waals surface area contributed by atoms with E-state index in [1.807, 2.05) is 11.8 Å². The first-order valence-electron chi connectivity index (χ1n) is 6.71. The van der Waals surface area contributed by atoms with Crippen molar-refractivity contribution in [1.82, 2.24) is 9.80 Å². The molecule has 1 heterocycles. The molecule has 0 unspecified atom stereocenters. The van der Waals surface area contributed by atoms with Crippen molar-refractivity contribution in [3.05, 3.63) is 0 Å². The molecular weight excluding hydrogens is 248 g/mol. The summed E-state index contributed by atoms with van der Waals surface area (Å²) in [7, 11) is 0. The minimum Gasteiger partial charge on any atom is -0.409 e. The summed E-state index contributed by atoms with van der Waals surface area (Å²) in [6, 6.07) is 0. The van der Waals surface area contributed by atoms with Gasteiger partial charge in [0.1, 0.15) is 0 Å². The minimum atomic E-state index is 0.138. The summed E-state index contributed by atoms with van der Waals surface area (Å²) in [5.41, 5.74) is 5.45. The SMILES string of the molecule is CCCOCCC(=O)N1CCN(CC(N)=NO)CC1. The van der Waals surface area contributed by atoms with Gasteiger partial charge in [-0.2, -0.15) is 0 Å². The molecule has 1 fully saturated rings. The molecule has 0 radical (unpaired) electrons. The number of ether oxygens (including phenoxy) is 1. The van der Waals surface area contributed by atoms with Gasteiger partial charge in [-0.1, -0.05) is 12.1 Å². The van der Waals surface area contributed by atoms with Gasteiger partial charge in [0, 0.05) is 32.8 Å². The fraction of sp³-hybridized carbons (Fsp3) is 0.833. The van der Waals surface area contributed by atoms with Gasteiger partial charge >= 0.3 is 0 Å². The van der Waals surface area contributed by atoms with E-state index in [2.05, 4.69) is 10.1 Å². The fourth-order valence-electron chi connectivity index (χ4n) is 1.98. The van der Waals surface area contributed by atoms with E-state index in [9.17, 15) is 4.79 Å². The first kappa shape index (κ1) is 15.7. The van der Waals surface area contributed by atoms with Crippen molar-refractivity contribution in [2.45, 2.75) is 19.8 Å². The number of amides is 1. The predicted octanol–water partition coefficient (Wildman–Crippen LogP) is -0.306. The lowest BCUT2D eigenvalue weighted by atomic mass is 10.2. The van der Waals surface area contributed by atoms with Crippen LogP contribution in [-0.2, 0) is 9.53 Å². The molecule has 0 saturated carbocycles. The van der Waals surface area contributed by atoms with Gasteiger partial charge in [0.05, 0.1) is 19.6 Å². The highest BCUT2D eigenvalue weighted by Crippen LogP contribution is 2.04. The molecule has 0 aromatic carbocycles. The molecule has 0 aromatic heterocycles. The maximum Gasteiger partial charge on any atom is 0.224 e. The lowest BCUT2D eigenvalue weighted by molar-refractivity contribution is -0.134. The van der Waals surface area contributed by atoms with Crippen LogP contribution < -0.4 is 5.73 Å². The molecule has 19 heavy (non-hydrogen) atoms. The van der Waals surface area contributed by atoms with Crippen molar-refractivity contribution in [3.8, 4) is 0 Å². The third-order valence-corrected chi connectivity index (χ3v) is 3.05. The van der Waals surface area contributed by atoms with E-state index >= 15 is 0 Å². The number of piperazine rings is 1. The Labute approximate surface area is 114 Å². The lowest BCUT2D eigenvalue weighted by Crippen LogP contribution is -2.50. The Bertz CT molecular complexity index is 301. The highest BCUT2D eigenvalue weighted by molar-refractivity contribution is 5.81.